The van der Waals surface area contributed by atoms with Gasteiger partial charge in [-0.3, -0.25) is 4.68 Å². The molecular weight excluding hydrogens is 302 g/mol. The first-order valence-electron chi connectivity index (χ1n) is 7.41. The standard InChI is InChI=1S/C15H26BrN3/c1-4-9-19-14(12(16)10-18-19)13(17)11-5-7-15(2,3)8-6-11/h10-11,13H,4-9,17H2,1-3H3. The van der Waals surface area contributed by atoms with E-state index in [1.165, 1.54) is 31.4 Å². The van der Waals surface area contributed by atoms with Crippen LogP contribution in [0.4, 0.5) is 0 Å². The normalized spacial score (nSPS) is 21.5. The lowest BCUT2D eigenvalue weighted by Crippen LogP contribution is -2.30. The first-order valence-corrected chi connectivity index (χ1v) is 8.20. The number of halogens is 1. The third-order valence-electron chi connectivity index (χ3n) is 4.48. The summed E-state index contributed by atoms with van der Waals surface area (Å²) in [5, 5.41) is 4.44. The smallest absolute Gasteiger partial charge is 0.0696 e. The lowest BCUT2D eigenvalue weighted by Gasteiger charge is -2.37. The first-order chi connectivity index (χ1) is 8.94. The molecule has 19 heavy (non-hydrogen) atoms. The molecule has 3 nitrogen and oxygen atoms in total. The third kappa shape index (κ3) is 3.40. The van der Waals surface area contributed by atoms with Crippen molar-refractivity contribution in [2.75, 3.05) is 0 Å². The second-order valence-corrected chi connectivity index (χ2v) is 7.48. The van der Waals surface area contributed by atoms with Crippen LogP contribution >= 0.6 is 15.9 Å². The highest BCUT2D eigenvalue weighted by atomic mass is 79.9. The summed E-state index contributed by atoms with van der Waals surface area (Å²) in [6, 6.07) is 0.111. The lowest BCUT2D eigenvalue weighted by atomic mass is 9.71. The molecule has 1 saturated carbocycles. The van der Waals surface area contributed by atoms with E-state index in [4.69, 9.17) is 5.73 Å². The van der Waals surface area contributed by atoms with Crippen LogP contribution in [0.15, 0.2) is 10.7 Å². The number of aromatic nitrogens is 2. The Bertz CT molecular complexity index is 415. The lowest BCUT2D eigenvalue weighted by molar-refractivity contribution is 0.170. The molecule has 0 amide bonds. The van der Waals surface area contributed by atoms with E-state index in [-0.39, 0.29) is 6.04 Å². The van der Waals surface area contributed by atoms with Gasteiger partial charge in [-0.15, -0.1) is 0 Å². The van der Waals surface area contributed by atoms with Crippen LogP contribution in [-0.4, -0.2) is 9.78 Å². The zero-order chi connectivity index (χ0) is 14.0. The van der Waals surface area contributed by atoms with E-state index in [1.54, 1.807) is 0 Å². The van der Waals surface area contributed by atoms with Crippen LogP contribution in [0.25, 0.3) is 0 Å². The molecule has 0 spiro atoms. The Kier molecular flexibility index (Phi) is 4.72. The van der Waals surface area contributed by atoms with Gasteiger partial charge in [-0.1, -0.05) is 20.8 Å². The van der Waals surface area contributed by atoms with E-state index >= 15 is 0 Å². The van der Waals surface area contributed by atoms with Crippen LogP contribution in [-0.2, 0) is 6.54 Å². The van der Waals surface area contributed by atoms with Gasteiger partial charge in [0.1, 0.15) is 0 Å². The quantitative estimate of drug-likeness (QED) is 0.897. The van der Waals surface area contributed by atoms with E-state index in [1.807, 2.05) is 6.20 Å². The zero-order valence-electron chi connectivity index (χ0n) is 12.3. The predicted molar refractivity (Wildman–Crippen MR) is 82.9 cm³/mol. The molecule has 1 unspecified atom stereocenters. The van der Waals surface area contributed by atoms with E-state index in [0.29, 0.717) is 11.3 Å². The summed E-state index contributed by atoms with van der Waals surface area (Å²) < 4.78 is 3.15. The minimum atomic E-state index is 0.111. The Morgan fingerprint density at radius 1 is 1.47 bits per heavy atom. The van der Waals surface area contributed by atoms with Gasteiger partial charge in [-0.05, 0) is 59.4 Å². The molecular formula is C15H26BrN3. The predicted octanol–water partition coefficient (Wildman–Crippen LogP) is 4.27. The Morgan fingerprint density at radius 3 is 2.68 bits per heavy atom. The second kappa shape index (κ2) is 5.96. The molecule has 1 heterocycles. The zero-order valence-corrected chi connectivity index (χ0v) is 13.9. The molecule has 4 heteroatoms. The maximum Gasteiger partial charge on any atom is 0.0696 e. The maximum absolute atomic E-state index is 6.54. The van der Waals surface area contributed by atoms with Crippen molar-refractivity contribution in [3.63, 3.8) is 0 Å². The van der Waals surface area contributed by atoms with Crippen LogP contribution in [0.5, 0.6) is 0 Å². The third-order valence-corrected chi connectivity index (χ3v) is 5.09. The van der Waals surface area contributed by atoms with Crippen molar-refractivity contribution in [2.45, 2.75) is 65.5 Å². The van der Waals surface area contributed by atoms with Crippen molar-refractivity contribution in [1.82, 2.24) is 9.78 Å². The van der Waals surface area contributed by atoms with Crippen molar-refractivity contribution in [3.05, 3.63) is 16.4 Å². The highest BCUT2D eigenvalue weighted by Gasteiger charge is 2.32. The molecule has 1 atom stereocenters. The van der Waals surface area contributed by atoms with Gasteiger partial charge in [-0.25, -0.2) is 0 Å². The number of aryl methyl sites for hydroxylation is 1. The van der Waals surface area contributed by atoms with Gasteiger partial charge in [0.15, 0.2) is 0 Å². The summed E-state index contributed by atoms with van der Waals surface area (Å²) in [4.78, 5) is 0. The summed E-state index contributed by atoms with van der Waals surface area (Å²) in [6.07, 6.45) is 8.01. The number of rotatable bonds is 4. The van der Waals surface area contributed by atoms with Gasteiger partial charge in [0.05, 0.1) is 22.4 Å². The molecule has 0 saturated heterocycles. The van der Waals surface area contributed by atoms with E-state index in [0.717, 1.165) is 17.4 Å². The van der Waals surface area contributed by atoms with Crippen LogP contribution in [0.3, 0.4) is 0 Å². The Morgan fingerprint density at radius 2 is 2.11 bits per heavy atom. The fraction of sp³-hybridized carbons (Fsp3) is 0.800. The van der Waals surface area contributed by atoms with Gasteiger partial charge < -0.3 is 5.73 Å². The van der Waals surface area contributed by atoms with Crippen LogP contribution < -0.4 is 5.73 Å². The minimum absolute atomic E-state index is 0.111. The van der Waals surface area contributed by atoms with E-state index in [9.17, 15) is 0 Å². The number of hydrogen-bond donors (Lipinski definition) is 1. The summed E-state index contributed by atoms with van der Waals surface area (Å²) >= 11 is 3.61. The van der Waals surface area contributed by atoms with Crippen molar-refractivity contribution >= 4 is 15.9 Å². The Balaban J connectivity index is 2.11. The van der Waals surface area contributed by atoms with Crippen molar-refractivity contribution in [3.8, 4) is 0 Å². The summed E-state index contributed by atoms with van der Waals surface area (Å²) in [5.41, 5.74) is 8.23. The van der Waals surface area contributed by atoms with Crippen LogP contribution in [0.1, 0.15) is 64.6 Å². The summed E-state index contributed by atoms with van der Waals surface area (Å²) in [7, 11) is 0. The highest BCUT2D eigenvalue weighted by Crippen LogP contribution is 2.42. The van der Waals surface area contributed by atoms with Crippen molar-refractivity contribution in [1.29, 1.82) is 0 Å². The molecule has 1 fully saturated rings. The number of nitrogens with two attached hydrogens (primary N) is 1. The van der Waals surface area contributed by atoms with Gasteiger partial charge in [0, 0.05) is 6.54 Å². The molecule has 1 aliphatic rings. The molecule has 2 rings (SSSR count). The molecule has 1 aromatic heterocycles. The Hall–Kier alpha value is -0.350. The van der Waals surface area contributed by atoms with Crippen LogP contribution in [0, 0.1) is 11.3 Å². The van der Waals surface area contributed by atoms with Gasteiger partial charge >= 0.3 is 0 Å². The summed E-state index contributed by atoms with van der Waals surface area (Å²) in [5.74, 6) is 0.594. The second-order valence-electron chi connectivity index (χ2n) is 6.63. The first kappa shape index (κ1) is 15.0. The molecule has 1 aromatic rings. The largest absolute Gasteiger partial charge is 0.322 e. The monoisotopic (exact) mass is 327 g/mol. The molecule has 1 aliphatic carbocycles. The molecule has 0 aromatic carbocycles. The molecule has 108 valence electrons. The maximum atomic E-state index is 6.54. The molecule has 0 bridgehead atoms. The van der Waals surface area contributed by atoms with Crippen LogP contribution in [0.2, 0.25) is 0 Å². The fourth-order valence-electron chi connectivity index (χ4n) is 3.10. The van der Waals surface area contributed by atoms with E-state index < -0.39 is 0 Å². The van der Waals surface area contributed by atoms with Crippen molar-refractivity contribution < 1.29 is 0 Å². The molecule has 0 radical (unpaired) electrons. The fourth-order valence-corrected chi connectivity index (χ4v) is 3.66. The highest BCUT2D eigenvalue weighted by molar-refractivity contribution is 9.10. The van der Waals surface area contributed by atoms with Gasteiger partial charge in [-0.2, -0.15) is 5.10 Å². The minimum Gasteiger partial charge on any atom is -0.322 e. The summed E-state index contributed by atoms with van der Waals surface area (Å²) in [6.45, 7) is 7.86. The average molecular weight is 328 g/mol. The average Bonchev–Trinajstić information content (AvgIpc) is 2.70. The van der Waals surface area contributed by atoms with E-state index in [2.05, 4.69) is 46.5 Å². The van der Waals surface area contributed by atoms with Crippen molar-refractivity contribution in [2.24, 2.45) is 17.1 Å². The molecule has 0 aliphatic heterocycles. The van der Waals surface area contributed by atoms with Gasteiger partial charge in [0.2, 0.25) is 0 Å². The number of hydrogen-bond acceptors (Lipinski definition) is 2. The molecule has 2 N–H and O–H groups in total. The SMILES string of the molecule is CCCn1ncc(Br)c1C(N)C1CCC(C)(C)CC1. The Labute approximate surface area is 125 Å². The number of nitrogens with zero attached hydrogens (tertiary/aromatic N) is 2. The topological polar surface area (TPSA) is 43.8 Å². The van der Waals surface area contributed by atoms with Gasteiger partial charge in [0.25, 0.3) is 0 Å².